The maximum atomic E-state index is 13.7. The van der Waals surface area contributed by atoms with Crippen LogP contribution in [-0.4, -0.2) is 88.3 Å². The van der Waals surface area contributed by atoms with Crippen LogP contribution in [0, 0.1) is 23.7 Å². The van der Waals surface area contributed by atoms with Crippen LogP contribution in [0.25, 0.3) is 0 Å². The van der Waals surface area contributed by atoms with Gasteiger partial charge in [-0.3, -0.25) is 38.4 Å². The Morgan fingerprint density at radius 3 is 1.92 bits per heavy atom. The summed E-state index contributed by atoms with van der Waals surface area (Å²) in [4.78, 5) is 102. The van der Waals surface area contributed by atoms with Crippen molar-refractivity contribution < 1.29 is 58.0 Å². The van der Waals surface area contributed by atoms with E-state index in [0.717, 1.165) is 12.7 Å². The zero-order chi connectivity index (χ0) is 38.0. The zero-order valence-electron chi connectivity index (χ0n) is 29.2. The number of esters is 2. The number of thiol groups is 1. The van der Waals surface area contributed by atoms with Crippen molar-refractivity contribution in [3.63, 3.8) is 0 Å². The van der Waals surface area contributed by atoms with Crippen molar-refractivity contribution in [3.8, 4) is 0 Å². The first kappa shape index (κ1) is 43.9. The summed E-state index contributed by atoms with van der Waals surface area (Å²) >= 11 is 3.94. The Bertz CT molecular complexity index is 1340. The molecule has 0 bridgehead atoms. The van der Waals surface area contributed by atoms with Gasteiger partial charge >= 0.3 is 17.9 Å². The number of hydrogen-bond acceptors (Lipinski definition) is 12. The molecule has 50 heavy (non-hydrogen) atoms. The predicted octanol–water partition coefficient (Wildman–Crippen LogP) is 2.23. The third-order valence-corrected chi connectivity index (χ3v) is 8.86. The van der Waals surface area contributed by atoms with Crippen molar-refractivity contribution in [2.24, 2.45) is 23.7 Å². The number of carboxylic acids is 1. The van der Waals surface area contributed by atoms with Gasteiger partial charge in [0.05, 0.1) is 49.5 Å². The minimum atomic E-state index is -1.46. The van der Waals surface area contributed by atoms with E-state index in [1.54, 1.807) is 31.2 Å². The molecule has 0 radical (unpaired) electrons. The number of amides is 2. The van der Waals surface area contributed by atoms with Gasteiger partial charge in [-0.15, -0.1) is 0 Å². The monoisotopic (exact) mass is 722 g/mol. The number of hydrogen-bond donors (Lipinski definition) is 5. The molecule has 14 nitrogen and oxygen atoms in total. The quantitative estimate of drug-likeness (QED) is 0.0767. The first-order valence-electron chi connectivity index (χ1n) is 16.5. The summed E-state index contributed by atoms with van der Waals surface area (Å²) in [6.07, 6.45) is -3.33. The van der Waals surface area contributed by atoms with Gasteiger partial charge in [-0.2, -0.15) is 12.6 Å². The summed E-state index contributed by atoms with van der Waals surface area (Å²) in [7, 11) is 1.15. The number of ketones is 3. The molecule has 1 aromatic rings. The molecule has 6 unspecified atom stereocenters. The van der Waals surface area contributed by atoms with Crippen molar-refractivity contribution in [1.29, 1.82) is 0 Å². The molecule has 0 aliphatic heterocycles. The number of carbonyl (C=O) groups excluding carboxylic acids is 7. The van der Waals surface area contributed by atoms with E-state index in [1.807, 2.05) is 13.0 Å². The van der Waals surface area contributed by atoms with Gasteiger partial charge in [-0.05, 0) is 31.7 Å². The van der Waals surface area contributed by atoms with E-state index in [9.17, 15) is 48.6 Å². The van der Waals surface area contributed by atoms with E-state index in [0.29, 0.717) is 6.42 Å². The zero-order valence-corrected chi connectivity index (χ0v) is 30.1. The number of aliphatic hydroxyl groups excluding tert-OH is 1. The Hall–Kier alpha value is -4.11. The minimum absolute atomic E-state index is 0.00571. The largest absolute Gasteiger partial charge is 0.481 e. The van der Waals surface area contributed by atoms with E-state index >= 15 is 0 Å². The van der Waals surface area contributed by atoms with Gasteiger partial charge in [0.1, 0.15) is 12.4 Å². The highest BCUT2D eigenvalue weighted by molar-refractivity contribution is 7.80. The maximum absolute atomic E-state index is 13.7. The third kappa shape index (κ3) is 15.6. The molecule has 1 rings (SSSR count). The van der Waals surface area contributed by atoms with Gasteiger partial charge in [0.15, 0.2) is 11.6 Å². The summed E-state index contributed by atoms with van der Waals surface area (Å²) in [5.74, 6) is -10.2. The van der Waals surface area contributed by atoms with Crippen LogP contribution in [-0.2, 0) is 54.4 Å². The molecule has 4 N–H and O–H groups in total. The number of aliphatic carboxylic acids is 1. The Kier molecular flexibility index (Phi) is 19.8. The molecule has 0 fully saturated rings. The lowest BCUT2D eigenvalue weighted by Gasteiger charge is -2.27. The highest BCUT2D eigenvalue weighted by atomic mass is 32.1. The molecule has 1 aromatic carbocycles. The number of rotatable bonds is 24. The second-order valence-corrected chi connectivity index (χ2v) is 12.8. The van der Waals surface area contributed by atoms with Crippen LogP contribution in [0.5, 0.6) is 0 Å². The summed E-state index contributed by atoms with van der Waals surface area (Å²) in [6, 6.07) is 6.21. The normalized spacial score (nSPS) is 15.2. The topological polar surface area (TPSA) is 220 Å². The van der Waals surface area contributed by atoms with Gasteiger partial charge < -0.3 is 30.3 Å². The summed E-state index contributed by atoms with van der Waals surface area (Å²) in [6.45, 7) is 6.02. The van der Waals surface area contributed by atoms with Gasteiger partial charge in [0, 0.05) is 31.4 Å². The Balaban J connectivity index is 3.20. The first-order chi connectivity index (χ1) is 23.5. The number of ether oxygens (including phenoxy) is 2. The number of carboxylic acid groups (broad SMARTS) is 1. The molecule has 0 aromatic heterocycles. The van der Waals surface area contributed by atoms with Crippen LogP contribution in [0.3, 0.4) is 0 Å². The molecule has 278 valence electrons. The fraction of sp³-hybridized carbons (Fsp3) is 0.600. The molecule has 0 aliphatic rings. The highest BCUT2D eigenvalue weighted by Crippen LogP contribution is 2.22. The molecular weight excluding hydrogens is 672 g/mol. The van der Waals surface area contributed by atoms with E-state index in [4.69, 9.17) is 4.74 Å². The number of carbonyl (C=O) groups is 8. The average Bonchev–Trinajstić information content (AvgIpc) is 3.07. The lowest BCUT2D eigenvalue weighted by atomic mass is 9.87. The number of methoxy groups -OCH3 is 1. The lowest BCUT2D eigenvalue weighted by molar-refractivity contribution is -0.149. The maximum Gasteiger partial charge on any atom is 0.307 e. The van der Waals surface area contributed by atoms with Crippen LogP contribution in [0.1, 0.15) is 78.2 Å². The molecule has 0 aliphatic carbocycles. The summed E-state index contributed by atoms with van der Waals surface area (Å²) < 4.78 is 10.0. The molecule has 0 spiro atoms. The third-order valence-electron chi connectivity index (χ3n) is 8.42. The van der Waals surface area contributed by atoms with Crippen molar-refractivity contribution in [2.45, 2.75) is 97.4 Å². The van der Waals surface area contributed by atoms with E-state index < -0.39 is 102 Å². The fourth-order valence-electron chi connectivity index (χ4n) is 5.04. The Labute approximate surface area is 297 Å². The average molecular weight is 723 g/mol. The molecule has 7 atom stereocenters. The van der Waals surface area contributed by atoms with E-state index in [2.05, 4.69) is 28.0 Å². The van der Waals surface area contributed by atoms with Crippen LogP contribution in [0.4, 0.5) is 0 Å². The molecule has 15 heteroatoms. The van der Waals surface area contributed by atoms with Crippen LogP contribution < -0.4 is 10.6 Å². The number of benzene rings is 1. The molecular formula is C35H50N2O12S. The predicted molar refractivity (Wildman–Crippen MR) is 184 cm³/mol. The van der Waals surface area contributed by atoms with Gasteiger partial charge in [0.2, 0.25) is 11.8 Å². The molecule has 0 saturated heterocycles. The molecule has 0 heterocycles. The standard InChI is InChI=1S/C35H50N2O12S/c1-6-20(2)25(17-32(43)49-18-23-10-8-7-9-11-23)33(44)36-27(12-13-31(42)48-5)30(41)16-26(22(4)39)34(45)37-28(14-21(3)38)29(40)15-24(19-50)35(46)47/h7-11,20,22,24-28,39,50H,6,12-19H2,1-5H3,(H,36,44)(H,37,45)(H,46,47)/t20?,22?,24-,25?,26?,27?,28?/m1/s1. The van der Waals surface area contributed by atoms with E-state index in [-0.39, 0.29) is 37.5 Å². The first-order valence-corrected chi connectivity index (χ1v) is 17.1. The number of aliphatic hydroxyl groups is 1. The van der Waals surface area contributed by atoms with Gasteiger partial charge in [0.25, 0.3) is 0 Å². The van der Waals surface area contributed by atoms with Crippen LogP contribution >= 0.6 is 12.6 Å². The van der Waals surface area contributed by atoms with E-state index in [1.165, 1.54) is 13.8 Å². The lowest BCUT2D eigenvalue weighted by Crippen LogP contribution is -2.50. The number of nitrogens with one attached hydrogen (secondary N) is 2. The Morgan fingerprint density at radius 1 is 0.820 bits per heavy atom. The SMILES string of the molecule is CCC(C)C(CC(=O)OCc1ccccc1)C(=O)NC(CCC(=O)OC)C(=O)CC(C(=O)NC(CC(C)=O)C(=O)C[C@H](CS)C(=O)O)C(C)O. The van der Waals surface area contributed by atoms with Crippen LogP contribution in [0.2, 0.25) is 0 Å². The van der Waals surface area contributed by atoms with Crippen molar-refractivity contribution in [2.75, 3.05) is 12.9 Å². The molecule has 2 amide bonds. The van der Waals surface area contributed by atoms with Gasteiger partial charge in [-0.25, -0.2) is 0 Å². The van der Waals surface area contributed by atoms with Crippen LogP contribution in [0.15, 0.2) is 30.3 Å². The van der Waals surface area contributed by atoms with Crippen molar-refractivity contribution in [3.05, 3.63) is 35.9 Å². The van der Waals surface area contributed by atoms with Gasteiger partial charge in [-0.1, -0.05) is 50.6 Å². The van der Waals surface area contributed by atoms with Crippen molar-refractivity contribution in [1.82, 2.24) is 10.6 Å². The fourth-order valence-corrected chi connectivity index (χ4v) is 5.32. The second-order valence-electron chi connectivity index (χ2n) is 12.4. The minimum Gasteiger partial charge on any atom is -0.481 e. The molecule has 0 saturated carbocycles. The summed E-state index contributed by atoms with van der Waals surface area (Å²) in [5, 5.41) is 24.8. The highest BCUT2D eigenvalue weighted by Gasteiger charge is 2.36. The summed E-state index contributed by atoms with van der Waals surface area (Å²) in [5.41, 5.74) is 0.759. The Morgan fingerprint density at radius 2 is 1.40 bits per heavy atom. The number of Topliss-reactive ketones (excluding diaryl/α,β-unsaturated/α-hetero) is 3. The van der Waals surface area contributed by atoms with Crippen molar-refractivity contribution >= 4 is 59.7 Å². The second kappa shape index (κ2) is 22.6. The smallest absolute Gasteiger partial charge is 0.307 e.